The number of benzene rings is 3. The van der Waals surface area contributed by atoms with E-state index in [1.54, 1.807) is 22.8 Å². The fourth-order valence-electron chi connectivity index (χ4n) is 5.21. The molecular weight excluding hydrogens is 598 g/mol. The number of rotatable bonds is 12. The minimum absolute atomic E-state index is 0.157. The first kappa shape index (κ1) is 33.8. The maximum atomic E-state index is 14.2. The molecule has 4 N–H and O–H groups in total. The molecule has 0 saturated carbocycles. The van der Waals surface area contributed by atoms with Gasteiger partial charge in [0.2, 0.25) is 0 Å². The number of aliphatic hydroxyl groups is 2. The molecule has 1 amide bonds. The number of anilines is 1. The zero-order valence-corrected chi connectivity index (χ0v) is 25.4. The van der Waals surface area contributed by atoms with E-state index in [4.69, 9.17) is 9.84 Å². The van der Waals surface area contributed by atoms with E-state index in [0.29, 0.717) is 33.6 Å². The van der Waals surface area contributed by atoms with Gasteiger partial charge in [-0.3, -0.25) is 9.59 Å². The monoisotopic (exact) mass is 632 g/mol. The molecule has 0 saturated heterocycles. The first-order chi connectivity index (χ1) is 21.9. The molecular formula is C35H34F2N2O7. The van der Waals surface area contributed by atoms with Gasteiger partial charge in [0.15, 0.2) is 0 Å². The van der Waals surface area contributed by atoms with Crippen molar-refractivity contribution in [2.24, 2.45) is 0 Å². The number of carbonyl (C=O) groups excluding carboxylic acids is 2. The molecule has 0 spiro atoms. The van der Waals surface area contributed by atoms with Gasteiger partial charge in [0.05, 0.1) is 31.3 Å². The Bertz CT molecular complexity index is 1750. The van der Waals surface area contributed by atoms with Crippen molar-refractivity contribution in [3.8, 4) is 22.3 Å². The van der Waals surface area contributed by atoms with Gasteiger partial charge in [-0.25, -0.2) is 13.6 Å². The smallest absolute Gasteiger partial charge is 0.337 e. The van der Waals surface area contributed by atoms with Gasteiger partial charge in [0.1, 0.15) is 17.3 Å². The summed E-state index contributed by atoms with van der Waals surface area (Å²) in [5.74, 6) is -3.36. The number of methoxy groups -OCH3 is 1. The van der Waals surface area contributed by atoms with Gasteiger partial charge in [-0.2, -0.15) is 0 Å². The second kappa shape index (κ2) is 14.8. The predicted octanol–water partition coefficient (Wildman–Crippen LogP) is 6.32. The number of aromatic nitrogens is 1. The molecule has 4 aromatic rings. The summed E-state index contributed by atoms with van der Waals surface area (Å²) >= 11 is 0. The second-order valence-corrected chi connectivity index (χ2v) is 10.9. The first-order valence-electron chi connectivity index (χ1n) is 14.5. The lowest BCUT2D eigenvalue weighted by Gasteiger charge is -2.17. The van der Waals surface area contributed by atoms with Crippen LogP contribution in [0, 0.1) is 11.6 Å². The first-order valence-corrected chi connectivity index (χ1v) is 14.5. The molecule has 240 valence electrons. The van der Waals surface area contributed by atoms with Gasteiger partial charge in [0.25, 0.3) is 5.91 Å². The van der Waals surface area contributed by atoms with Gasteiger partial charge in [0, 0.05) is 35.0 Å². The number of nitrogens with one attached hydrogen (secondary N) is 1. The molecule has 0 aliphatic heterocycles. The highest BCUT2D eigenvalue weighted by Gasteiger charge is 2.30. The number of carbonyl (C=O) groups is 3. The van der Waals surface area contributed by atoms with Gasteiger partial charge < -0.3 is 29.9 Å². The van der Waals surface area contributed by atoms with Crippen LogP contribution in [0.3, 0.4) is 0 Å². The van der Waals surface area contributed by atoms with Crippen molar-refractivity contribution in [2.45, 2.75) is 44.9 Å². The SMILES string of the molecule is COC(=O)c1cccc(NC(=O)c2c(-c3ccc(F)cc3)c(-c3ccc(F)cc3)c(/C=C/C(O)CC(O)CC(=O)O)n2C(C)C)c1. The van der Waals surface area contributed by atoms with Crippen LogP contribution in [0.4, 0.5) is 14.5 Å². The number of amides is 1. The molecule has 2 atom stereocenters. The molecule has 1 aromatic heterocycles. The molecule has 3 aromatic carbocycles. The van der Waals surface area contributed by atoms with Crippen LogP contribution in [-0.2, 0) is 9.53 Å². The minimum atomic E-state index is -1.30. The summed E-state index contributed by atoms with van der Waals surface area (Å²) in [6.45, 7) is 3.67. The van der Waals surface area contributed by atoms with Crippen LogP contribution < -0.4 is 5.32 Å². The molecule has 11 heteroatoms. The lowest BCUT2D eigenvalue weighted by atomic mass is 9.94. The average Bonchev–Trinajstić information content (AvgIpc) is 3.35. The van der Waals surface area contributed by atoms with Crippen LogP contribution in [-0.4, -0.2) is 57.1 Å². The van der Waals surface area contributed by atoms with Crippen molar-refractivity contribution in [3.05, 3.63) is 107 Å². The third kappa shape index (κ3) is 7.92. The number of carboxylic acid groups (broad SMARTS) is 1. The van der Waals surface area contributed by atoms with Crippen molar-refractivity contribution in [3.63, 3.8) is 0 Å². The van der Waals surface area contributed by atoms with E-state index >= 15 is 0 Å². The van der Waals surface area contributed by atoms with Gasteiger partial charge in [-0.1, -0.05) is 36.4 Å². The molecule has 9 nitrogen and oxygen atoms in total. The van der Waals surface area contributed by atoms with Crippen molar-refractivity contribution in [1.82, 2.24) is 4.57 Å². The van der Waals surface area contributed by atoms with Gasteiger partial charge >= 0.3 is 11.9 Å². The van der Waals surface area contributed by atoms with E-state index in [0.717, 1.165) is 0 Å². The van der Waals surface area contributed by atoms with E-state index in [1.165, 1.54) is 73.8 Å². The molecule has 1 heterocycles. The summed E-state index contributed by atoms with van der Waals surface area (Å²) in [4.78, 5) is 37.4. The van der Waals surface area contributed by atoms with E-state index in [2.05, 4.69) is 5.32 Å². The Hall–Kier alpha value is -5.13. The summed E-state index contributed by atoms with van der Waals surface area (Å²) in [5.41, 5.74) is 2.96. The highest BCUT2D eigenvalue weighted by Crippen LogP contribution is 2.43. The molecule has 0 radical (unpaired) electrons. The van der Waals surface area contributed by atoms with Crippen molar-refractivity contribution < 1.29 is 43.2 Å². The summed E-state index contributed by atoms with van der Waals surface area (Å²) < 4.78 is 34.7. The Kier molecular flexibility index (Phi) is 10.8. The zero-order chi connectivity index (χ0) is 33.5. The fraction of sp³-hybridized carbons (Fsp3) is 0.229. The average molecular weight is 633 g/mol. The van der Waals surface area contributed by atoms with E-state index in [1.807, 2.05) is 13.8 Å². The molecule has 4 rings (SSSR count). The predicted molar refractivity (Wildman–Crippen MR) is 169 cm³/mol. The van der Waals surface area contributed by atoms with Crippen LogP contribution in [0.1, 0.15) is 59.3 Å². The fourth-order valence-corrected chi connectivity index (χ4v) is 5.21. The number of ether oxygens (including phenoxy) is 1. The topological polar surface area (TPSA) is 138 Å². The number of aliphatic hydroxyl groups excluding tert-OH is 2. The molecule has 46 heavy (non-hydrogen) atoms. The maximum absolute atomic E-state index is 14.2. The lowest BCUT2D eigenvalue weighted by molar-refractivity contribution is -0.139. The van der Waals surface area contributed by atoms with E-state index in [9.17, 15) is 33.4 Å². The van der Waals surface area contributed by atoms with E-state index in [-0.39, 0.29) is 23.7 Å². The number of nitrogens with zero attached hydrogens (tertiary/aromatic N) is 1. The molecule has 0 fully saturated rings. The Labute approximate surface area is 264 Å². The number of carboxylic acids is 1. The van der Waals surface area contributed by atoms with Gasteiger partial charge in [-0.15, -0.1) is 0 Å². The van der Waals surface area contributed by atoms with Gasteiger partial charge in [-0.05, 0) is 73.5 Å². The summed E-state index contributed by atoms with van der Waals surface area (Å²) in [7, 11) is 1.24. The quantitative estimate of drug-likeness (QED) is 0.134. The van der Waals surface area contributed by atoms with Crippen LogP contribution in [0.2, 0.25) is 0 Å². The summed E-state index contributed by atoms with van der Waals surface area (Å²) in [6.07, 6.45) is -0.433. The molecule has 0 bridgehead atoms. The number of aliphatic carboxylic acids is 1. The number of halogens is 2. The molecule has 0 aliphatic rings. The lowest BCUT2D eigenvalue weighted by Crippen LogP contribution is -2.20. The third-order valence-corrected chi connectivity index (χ3v) is 7.18. The molecule has 2 unspecified atom stereocenters. The highest BCUT2D eigenvalue weighted by molar-refractivity contribution is 6.12. The highest BCUT2D eigenvalue weighted by atomic mass is 19.1. The second-order valence-electron chi connectivity index (χ2n) is 10.9. The van der Waals surface area contributed by atoms with Crippen LogP contribution in [0.5, 0.6) is 0 Å². The van der Waals surface area contributed by atoms with E-state index < -0.39 is 48.1 Å². The summed E-state index contributed by atoms with van der Waals surface area (Å²) in [6, 6.07) is 16.9. The standard InChI is InChI=1S/C35H34F2N2O7/c1-20(2)39-29(16-15-27(40)18-28(41)19-30(42)43)31(21-7-11-24(36)12-8-21)32(22-9-13-25(37)14-10-22)33(39)34(44)38-26-6-4-5-23(17-26)35(45)46-3/h4-17,20,27-28,40-41H,18-19H2,1-3H3,(H,38,44)(H,42,43)/b16-15+. The Morgan fingerprint density at radius 3 is 2.04 bits per heavy atom. The van der Waals surface area contributed by atoms with Crippen LogP contribution in [0.25, 0.3) is 28.3 Å². The van der Waals surface area contributed by atoms with Crippen molar-refractivity contribution >= 4 is 29.6 Å². The Balaban J connectivity index is 1.97. The third-order valence-electron chi connectivity index (χ3n) is 7.18. The molecule has 0 aliphatic carbocycles. The van der Waals surface area contributed by atoms with Crippen molar-refractivity contribution in [1.29, 1.82) is 0 Å². The normalized spacial score (nSPS) is 12.7. The Morgan fingerprint density at radius 2 is 1.50 bits per heavy atom. The number of hydrogen-bond donors (Lipinski definition) is 4. The zero-order valence-electron chi connectivity index (χ0n) is 25.4. The Morgan fingerprint density at radius 1 is 0.913 bits per heavy atom. The largest absolute Gasteiger partial charge is 0.481 e. The van der Waals surface area contributed by atoms with Crippen LogP contribution >= 0.6 is 0 Å². The minimum Gasteiger partial charge on any atom is -0.481 e. The van der Waals surface area contributed by atoms with Crippen LogP contribution in [0.15, 0.2) is 78.9 Å². The summed E-state index contributed by atoms with van der Waals surface area (Å²) in [5, 5.41) is 32.6. The number of hydrogen-bond acceptors (Lipinski definition) is 6. The number of esters is 1. The van der Waals surface area contributed by atoms with Crippen molar-refractivity contribution in [2.75, 3.05) is 12.4 Å². The maximum Gasteiger partial charge on any atom is 0.337 e.